The lowest BCUT2D eigenvalue weighted by Gasteiger charge is -2.37. The summed E-state index contributed by atoms with van der Waals surface area (Å²) in [7, 11) is 0. The van der Waals surface area contributed by atoms with Crippen molar-refractivity contribution in [3.8, 4) is 0 Å². The molecular formula is C15H26N2O3S. The van der Waals surface area contributed by atoms with Crippen LogP contribution < -0.4 is 10.6 Å². The molecule has 1 saturated heterocycles. The van der Waals surface area contributed by atoms with Gasteiger partial charge in [0.05, 0.1) is 17.7 Å². The number of carboxylic acids is 1. The highest BCUT2D eigenvalue weighted by Gasteiger charge is 2.35. The van der Waals surface area contributed by atoms with Crippen LogP contribution in [0.3, 0.4) is 0 Å². The Morgan fingerprint density at radius 1 is 1.19 bits per heavy atom. The van der Waals surface area contributed by atoms with Crippen molar-refractivity contribution in [3.05, 3.63) is 0 Å². The molecule has 6 heteroatoms. The molecule has 0 unspecified atom stereocenters. The van der Waals surface area contributed by atoms with E-state index < -0.39 is 11.5 Å². The highest BCUT2D eigenvalue weighted by molar-refractivity contribution is 8.00. The van der Waals surface area contributed by atoms with E-state index in [0.29, 0.717) is 11.0 Å². The number of hydrogen-bond donors (Lipinski definition) is 3. The first-order chi connectivity index (χ1) is 10.1. The van der Waals surface area contributed by atoms with Crippen LogP contribution in [-0.2, 0) is 9.59 Å². The van der Waals surface area contributed by atoms with Crippen molar-refractivity contribution in [1.29, 1.82) is 0 Å². The number of piperidine rings is 1. The van der Waals surface area contributed by atoms with Crippen LogP contribution in [0.1, 0.15) is 51.4 Å². The third kappa shape index (κ3) is 5.51. The van der Waals surface area contributed by atoms with E-state index in [1.54, 1.807) is 11.8 Å². The Morgan fingerprint density at radius 2 is 1.86 bits per heavy atom. The van der Waals surface area contributed by atoms with Gasteiger partial charge >= 0.3 is 5.97 Å². The normalized spacial score (nSPS) is 22.7. The van der Waals surface area contributed by atoms with Gasteiger partial charge in [-0.2, -0.15) is 0 Å². The second-order valence-electron chi connectivity index (χ2n) is 6.22. The molecule has 0 aromatic carbocycles. The molecule has 1 aliphatic heterocycles. The van der Waals surface area contributed by atoms with E-state index in [-0.39, 0.29) is 12.3 Å². The molecule has 3 N–H and O–H groups in total. The van der Waals surface area contributed by atoms with E-state index in [0.717, 1.165) is 58.0 Å². The van der Waals surface area contributed by atoms with Gasteiger partial charge in [0.25, 0.3) is 0 Å². The minimum absolute atomic E-state index is 0.00156. The number of carboxylic acid groups (broad SMARTS) is 1. The van der Waals surface area contributed by atoms with Gasteiger partial charge in [-0.05, 0) is 38.8 Å². The Bertz CT molecular complexity index is 364. The topological polar surface area (TPSA) is 78.4 Å². The summed E-state index contributed by atoms with van der Waals surface area (Å²) in [6.07, 6.45) is 7.02. The first-order valence-electron chi connectivity index (χ1n) is 7.95. The van der Waals surface area contributed by atoms with E-state index >= 15 is 0 Å². The summed E-state index contributed by atoms with van der Waals surface area (Å²) < 4.78 is 0. The van der Waals surface area contributed by atoms with Gasteiger partial charge in [0.2, 0.25) is 5.91 Å². The van der Waals surface area contributed by atoms with E-state index in [1.165, 1.54) is 0 Å². The van der Waals surface area contributed by atoms with E-state index in [2.05, 4.69) is 10.6 Å². The fourth-order valence-corrected chi connectivity index (χ4v) is 4.38. The zero-order chi connectivity index (χ0) is 15.1. The van der Waals surface area contributed by atoms with Gasteiger partial charge in [0.15, 0.2) is 0 Å². The quantitative estimate of drug-likeness (QED) is 0.696. The van der Waals surface area contributed by atoms with Crippen LogP contribution in [-0.4, -0.2) is 46.6 Å². The molecule has 1 aliphatic carbocycles. The molecule has 1 amide bonds. The van der Waals surface area contributed by atoms with Crippen LogP contribution in [0.4, 0.5) is 0 Å². The van der Waals surface area contributed by atoms with Gasteiger partial charge in [-0.15, -0.1) is 11.8 Å². The number of thioether (sulfide) groups is 1. The number of aliphatic carboxylic acids is 1. The molecule has 0 aromatic heterocycles. The molecule has 21 heavy (non-hydrogen) atoms. The summed E-state index contributed by atoms with van der Waals surface area (Å²) >= 11 is 1.71. The van der Waals surface area contributed by atoms with Crippen LogP contribution in [0.15, 0.2) is 0 Å². The number of hydrogen-bond acceptors (Lipinski definition) is 4. The second-order valence-corrected chi connectivity index (χ2v) is 7.51. The van der Waals surface area contributed by atoms with Crippen molar-refractivity contribution in [1.82, 2.24) is 10.6 Å². The molecule has 5 nitrogen and oxygen atoms in total. The zero-order valence-corrected chi connectivity index (χ0v) is 13.3. The van der Waals surface area contributed by atoms with Crippen molar-refractivity contribution in [2.75, 3.05) is 18.8 Å². The predicted molar refractivity (Wildman–Crippen MR) is 84.6 cm³/mol. The van der Waals surface area contributed by atoms with Gasteiger partial charge in [-0.3, -0.25) is 9.59 Å². The van der Waals surface area contributed by atoms with E-state index in [4.69, 9.17) is 5.11 Å². The molecule has 120 valence electrons. The summed E-state index contributed by atoms with van der Waals surface area (Å²) in [5.41, 5.74) is -0.504. The molecule has 0 atom stereocenters. The van der Waals surface area contributed by atoms with Gasteiger partial charge < -0.3 is 15.7 Å². The fraction of sp³-hybridized carbons (Fsp3) is 0.867. The maximum Gasteiger partial charge on any atom is 0.305 e. The lowest BCUT2D eigenvalue weighted by Crippen LogP contribution is -2.51. The fourth-order valence-electron chi connectivity index (χ4n) is 3.35. The maximum absolute atomic E-state index is 12.2. The Hall–Kier alpha value is -0.750. The molecule has 0 aromatic rings. The monoisotopic (exact) mass is 314 g/mol. The van der Waals surface area contributed by atoms with Crippen molar-refractivity contribution < 1.29 is 14.7 Å². The van der Waals surface area contributed by atoms with Crippen molar-refractivity contribution in [3.63, 3.8) is 0 Å². The summed E-state index contributed by atoms with van der Waals surface area (Å²) in [5, 5.41) is 16.0. The molecule has 0 radical (unpaired) electrons. The predicted octanol–water partition coefficient (Wildman–Crippen LogP) is 1.77. The Balaban J connectivity index is 1.81. The van der Waals surface area contributed by atoms with Gasteiger partial charge in [-0.25, -0.2) is 0 Å². The molecule has 0 spiro atoms. The Morgan fingerprint density at radius 3 is 2.48 bits per heavy atom. The third-order valence-electron chi connectivity index (χ3n) is 4.44. The van der Waals surface area contributed by atoms with Gasteiger partial charge in [0.1, 0.15) is 0 Å². The zero-order valence-electron chi connectivity index (χ0n) is 12.5. The molecule has 2 fully saturated rings. The largest absolute Gasteiger partial charge is 0.481 e. The molecule has 2 rings (SSSR count). The Kier molecular flexibility index (Phi) is 6.36. The minimum Gasteiger partial charge on any atom is -0.481 e. The molecule has 1 heterocycles. The SMILES string of the molecule is O=C(O)CC1(NC(=O)CSC2CCNCC2)CCCCC1. The second kappa shape index (κ2) is 8.03. The third-order valence-corrected chi connectivity index (χ3v) is 5.81. The smallest absolute Gasteiger partial charge is 0.305 e. The van der Waals surface area contributed by atoms with Gasteiger partial charge in [-0.1, -0.05) is 19.3 Å². The van der Waals surface area contributed by atoms with Crippen molar-refractivity contribution in [2.45, 2.75) is 62.2 Å². The summed E-state index contributed by atoms with van der Waals surface area (Å²) in [6.45, 7) is 2.06. The average Bonchev–Trinajstić information content (AvgIpc) is 2.46. The van der Waals surface area contributed by atoms with E-state index in [1.807, 2.05) is 0 Å². The lowest BCUT2D eigenvalue weighted by molar-refractivity contribution is -0.139. The van der Waals surface area contributed by atoms with Crippen molar-refractivity contribution in [2.24, 2.45) is 0 Å². The molecule has 0 bridgehead atoms. The number of carbonyl (C=O) groups is 2. The molecular weight excluding hydrogens is 288 g/mol. The highest BCUT2D eigenvalue weighted by Crippen LogP contribution is 2.31. The Labute approximate surface area is 130 Å². The number of amides is 1. The van der Waals surface area contributed by atoms with Crippen molar-refractivity contribution >= 4 is 23.6 Å². The number of carbonyl (C=O) groups excluding carboxylic acids is 1. The standard InChI is InChI=1S/C15H26N2O3S/c18-13(11-21-12-4-8-16-9-5-12)17-15(10-14(19)20)6-2-1-3-7-15/h12,16H,1-11H2,(H,17,18)(H,19,20). The highest BCUT2D eigenvalue weighted by atomic mass is 32.2. The van der Waals surface area contributed by atoms with Gasteiger partial charge in [0, 0.05) is 5.25 Å². The molecule has 2 aliphatic rings. The minimum atomic E-state index is -0.816. The van der Waals surface area contributed by atoms with E-state index in [9.17, 15) is 9.59 Å². The first-order valence-corrected chi connectivity index (χ1v) is 9.00. The summed E-state index contributed by atoms with van der Waals surface area (Å²) in [4.78, 5) is 23.3. The van der Waals surface area contributed by atoms with Crippen LogP contribution in [0.25, 0.3) is 0 Å². The number of nitrogens with one attached hydrogen (secondary N) is 2. The summed E-state index contributed by atoms with van der Waals surface area (Å²) in [5.74, 6) is -0.364. The summed E-state index contributed by atoms with van der Waals surface area (Å²) in [6, 6.07) is 0. The van der Waals surface area contributed by atoms with Crippen LogP contribution in [0, 0.1) is 0 Å². The van der Waals surface area contributed by atoms with Crippen LogP contribution in [0.5, 0.6) is 0 Å². The maximum atomic E-state index is 12.2. The first kappa shape index (κ1) is 16.6. The molecule has 1 saturated carbocycles. The number of rotatable bonds is 6. The average molecular weight is 314 g/mol. The van der Waals surface area contributed by atoms with Crippen LogP contribution in [0.2, 0.25) is 0 Å². The lowest BCUT2D eigenvalue weighted by atomic mass is 9.79. The van der Waals surface area contributed by atoms with Crippen LogP contribution >= 0.6 is 11.8 Å².